The Labute approximate surface area is 217 Å². The summed E-state index contributed by atoms with van der Waals surface area (Å²) in [5, 5.41) is 21.1. The first-order valence-corrected chi connectivity index (χ1v) is 12.7. The van der Waals surface area contributed by atoms with Gasteiger partial charge in [-0.05, 0) is 73.1 Å². The Hall–Kier alpha value is -4.31. The first-order valence-electron chi connectivity index (χ1n) is 12.7. The average molecular weight is 491 g/mol. The van der Waals surface area contributed by atoms with Crippen LogP contribution in [0.1, 0.15) is 64.8 Å². The van der Waals surface area contributed by atoms with Crippen LogP contribution in [-0.2, 0) is 19.4 Å². The maximum absolute atomic E-state index is 12.9. The van der Waals surface area contributed by atoms with Crippen molar-refractivity contribution in [1.82, 2.24) is 19.7 Å². The number of benzene rings is 2. The minimum atomic E-state index is -0.183. The molecule has 7 nitrogen and oxygen atoms in total. The first-order chi connectivity index (χ1) is 17.9. The molecular weight excluding hydrogens is 460 g/mol. The fraction of sp³-hybridized carbons (Fsp3) is 0.300. The molecule has 5 rings (SSSR count). The molecule has 0 bridgehead atoms. The molecule has 0 saturated carbocycles. The molecule has 0 aliphatic carbocycles. The third-order valence-corrected chi connectivity index (χ3v) is 6.92. The van der Waals surface area contributed by atoms with Crippen molar-refractivity contribution < 1.29 is 4.79 Å². The van der Waals surface area contributed by atoms with Gasteiger partial charge in [-0.3, -0.25) is 9.78 Å². The number of fused-ring (bicyclic) bond motifs is 1. The number of carbonyl (C=O) groups is 1. The van der Waals surface area contributed by atoms with E-state index < -0.39 is 0 Å². The van der Waals surface area contributed by atoms with Crippen LogP contribution in [0.5, 0.6) is 0 Å². The lowest BCUT2D eigenvalue weighted by Gasteiger charge is -2.24. The summed E-state index contributed by atoms with van der Waals surface area (Å²) in [6.07, 6.45) is 4.30. The van der Waals surface area contributed by atoms with Gasteiger partial charge in [0.25, 0.3) is 5.91 Å². The molecule has 1 N–H and O–H groups in total. The van der Waals surface area contributed by atoms with Crippen LogP contribution in [0.3, 0.4) is 0 Å². The Kier molecular flexibility index (Phi) is 6.82. The van der Waals surface area contributed by atoms with Gasteiger partial charge in [-0.25, -0.2) is 0 Å². The van der Waals surface area contributed by atoms with Crippen LogP contribution >= 0.6 is 0 Å². The second-order valence-corrected chi connectivity index (χ2v) is 10.1. The number of hydrogen-bond acceptors (Lipinski definition) is 5. The summed E-state index contributed by atoms with van der Waals surface area (Å²) >= 11 is 0. The number of rotatable bonds is 6. The third kappa shape index (κ3) is 5.29. The largest absolute Gasteiger partial charge is 0.322 e. The molecule has 37 heavy (non-hydrogen) atoms. The number of carbonyl (C=O) groups excluding carboxylic acids is 1. The zero-order chi connectivity index (χ0) is 25.9. The maximum Gasteiger partial charge on any atom is 0.257 e. The van der Waals surface area contributed by atoms with Gasteiger partial charge < -0.3 is 9.88 Å². The predicted octanol–water partition coefficient (Wildman–Crippen LogP) is 5.70. The molecule has 1 atom stereocenters. The molecule has 1 amide bonds. The summed E-state index contributed by atoms with van der Waals surface area (Å²) in [6.45, 7) is 7.09. The van der Waals surface area contributed by atoms with Crippen molar-refractivity contribution in [2.45, 2.75) is 52.5 Å². The maximum atomic E-state index is 12.9. The quantitative estimate of drug-likeness (QED) is 0.374. The lowest BCUT2D eigenvalue weighted by Crippen LogP contribution is -2.19. The SMILES string of the molecule is Cc1ccc(-c2nnc3n2CCC(c2ccc(C#N)cc2)C3)cc1NC(=O)c1ccc(CC(C)C)nc1. The molecule has 2 aromatic carbocycles. The lowest BCUT2D eigenvalue weighted by atomic mass is 9.89. The number of nitriles is 1. The molecule has 0 saturated heterocycles. The number of hydrogen-bond donors (Lipinski definition) is 1. The van der Waals surface area contributed by atoms with E-state index in [4.69, 9.17) is 5.26 Å². The third-order valence-electron chi connectivity index (χ3n) is 6.92. The molecule has 7 heteroatoms. The van der Waals surface area contributed by atoms with Gasteiger partial charge in [0, 0.05) is 36.1 Å². The number of aromatic nitrogens is 4. The van der Waals surface area contributed by atoms with Gasteiger partial charge in [0.1, 0.15) is 5.82 Å². The van der Waals surface area contributed by atoms with E-state index in [1.54, 1.807) is 6.20 Å². The second-order valence-electron chi connectivity index (χ2n) is 10.1. The summed E-state index contributed by atoms with van der Waals surface area (Å²) < 4.78 is 2.17. The Bertz CT molecular complexity index is 1460. The molecule has 186 valence electrons. The molecule has 1 aliphatic heterocycles. The van der Waals surface area contributed by atoms with Crippen molar-refractivity contribution >= 4 is 11.6 Å². The van der Waals surface area contributed by atoms with E-state index in [2.05, 4.69) is 45.0 Å². The van der Waals surface area contributed by atoms with Crippen molar-refractivity contribution in [1.29, 1.82) is 5.26 Å². The van der Waals surface area contributed by atoms with Crippen LogP contribution in [0.15, 0.2) is 60.8 Å². The van der Waals surface area contributed by atoms with Crippen molar-refractivity contribution in [3.8, 4) is 17.5 Å². The van der Waals surface area contributed by atoms with E-state index in [1.807, 2.05) is 61.5 Å². The lowest BCUT2D eigenvalue weighted by molar-refractivity contribution is 0.102. The molecule has 1 aliphatic rings. The monoisotopic (exact) mass is 490 g/mol. The number of anilines is 1. The number of nitrogens with zero attached hydrogens (tertiary/aromatic N) is 5. The molecule has 0 fully saturated rings. The molecule has 3 heterocycles. The average Bonchev–Trinajstić information content (AvgIpc) is 3.33. The molecule has 1 unspecified atom stereocenters. The van der Waals surface area contributed by atoms with Crippen LogP contribution < -0.4 is 5.32 Å². The van der Waals surface area contributed by atoms with Gasteiger partial charge in [-0.1, -0.05) is 38.1 Å². The van der Waals surface area contributed by atoms with Crippen LogP contribution in [0, 0.1) is 24.2 Å². The fourth-order valence-electron chi connectivity index (χ4n) is 4.84. The molecule has 4 aromatic rings. The van der Waals surface area contributed by atoms with Crippen molar-refractivity contribution in [3.05, 3.63) is 94.6 Å². The summed E-state index contributed by atoms with van der Waals surface area (Å²) in [5.41, 5.74) is 6.06. The van der Waals surface area contributed by atoms with E-state index in [1.165, 1.54) is 5.56 Å². The number of nitrogens with one attached hydrogen (secondary N) is 1. The van der Waals surface area contributed by atoms with E-state index in [0.717, 1.165) is 60.0 Å². The zero-order valence-corrected chi connectivity index (χ0v) is 21.4. The summed E-state index contributed by atoms with van der Waals surface area (Å²) in [4.78, 5) is 17.4. The summed E-state index contributed by atoms with van der Waals surface area (Å²) in [5.74, 6) is 2.45. The van der Waals surface area contributed by atoms with Crippen LogP contribution in [0.2, 0.25) is 0 Å². The zero-order valence-electron chi connectivity index (χ0n) is 21.4. The van der Waals surface area contributed by atoms with Crippen LogP contribution in [0.4, 0.5) is 5.69 Å². The molecule has 0 spiro atoms. The van der Waals surface area contributed by atoms with Gasteiger partial charge in [-0.15, -0.1) is 10.2 Å². The second kappa shape index (κ2) is 10.4. The Morgan fingerprint density at radius 1 is 1.14 bits per heavy atom. The smallest absolute Gasteiger partial charge is 0.257 e. The topological polar surface area (TPSA) is 96.5 Å². The van der Waals surface area contributed by atoms with E-state index in [-0.39, 0.29) is 5.91 Å². The summed E-state index contributed by atoms with van der Waals surface area (Å²) in [6, 6.07) is 19.8. The highest BCUT2D eigenvalue weighted by atomic mass is 16.1. The van der Waals surface area contributed by atoms with E-state index >= 15 is 0 Å². The Morgan fingerprint density at radius 2 is 1.95 bits per heavy atom. The van der Waals surface area contributed by atoms with Gasteiger partial charge in [0.15, 0.2) is 5.82 Å². The highest BCUT2D eigenvalue weighted by molar-refractivity contribution is 6.04. The highest BCUT2D eigenvalue weighted by Gasteiger charge is 2.25. The standard InChI is InChI=1S/C30H30N6O/c1-19(2)14-26-11-10-25(18-32-26)30(37)33-27-15-24(7-4-20(27)3)29-35-34-28-16-23(12-13-36(28)29)22-8-5-21(17-31)6-9-22/h4-11,15,18-19,23H,12-14,16H2,1-3H3,(H,33,37). The number of aryl methyl sites for hydroxylation is 1. The fourth-order valence-corrected chi connectivity index (χ4v) is 4.84. The Balaban J connectivity index is 1.33. The molecule has 2 aromatic heterocycles. The molecular formula is C30H30N6O. The van der Waals surface area contributed by atoms with Gasteiger partial charge in [0.05, 0.1) is 17.2 Å². The van der Waals surface area contributed by atoms with E-state index in [9.17, 15) is 4.79 Å². The van der Waals surface area contributed by atoms with Crippen molar-refractivity contribution in [3.63, 3.8) is 0 Å². The Morgan fingerprint density at radius 3 is 2.65 bits per heavy atom. The van der Waals surface area contributed by atoms with Crippen molar-refractivity contribution in [2.24, 2.45) is 5.92 Å². The number of pyridine rings is 1. The van der Waals surface area contributed by atoms with E-state index in [0.29, 0.717) is 23.0 Å². The number of amides is 1. The summed E-state index contributed by atoms with van der Waals surface area (Å²) in [7, 11) is 0. The predicted molar refractivity (Wildman–Crippen MR) is 143 cm³/mol. The van der Waals surface area contributed by atoms with Gasteiger partial charge in [0.2, 0.25) is 0 Å². The van der Waals surface area contributed by atoms with Crippen LogP contribution in [0.25, 0.3) is 11.4 Å². The first kappa shape index (κ1) is 24.4. The minimum Gasteiger partial charge on any atom is -0.322 e. The van der Waals surface area contributed by atoms with Crippen LogP contribution in [-0.4, -0.2) is 25.7 Å². The van der Waals surface area contributed by atoms with Gasteiger partial charge >= 0.3 is 0 Å². The normalized spacial score (nSPS) is 14.7. The molecule has 0 radical (unpaired) electrons. The van der Waals surface area contributed by atoms with Gasteiger partial charge in [-0.2, -0.15) is 5.26 Å². The van der Waals surface area contributed by atoms with Crippen molar-refractivity contribution in [2.75, 3.05) is 5.32 Å². The minimum absolute atomic E-state index is 0.183. The highest BCUT2D eigenvalue weighted by Crippen LogP contribution is 2.33.